The first kappa shape index (κ1) is 16.2. The fourth-order valence-corrected chi connectivity index (χ4v) is 1.81. The summed E-state index contributed by atoms with van der Waals surface area (Å²) < 4.78 is 0. The Labute approximate surface area is 123 Å². The van der Waals surface area contributed by atoms with Crippen molar-refractivity contribution < 1.29 is 4.79 Å². The number of rotatable bonds is 4. The maximum absolute atomic E-state index is 11.9. The second-order valence-corrected chi connectivity index (χ2v) is 4.65. The number of hydrogen-bond donors (Lipinski definition) is 2. The maximum atomic E-state index is 11.9. The molecule has 0 unspecified atom stereocenters. The van der Waals surface area contributed by atoms with Crippen LogP contribution < -0.4 is 10.7 Å². The van der Waals surface area contributed by atoms with Crippen molar-refractivity contribution in [2.75, 3.05) is 27.2 Å². The lowest BCUT2D eigenvalue weighted by molar-refractivity contribution is 0.0946. The molecule has 108 valence electrons. The molecular formula is C14H18ClN3O2. The van der Waals surface area contributed by atoms with E-state index in [1.165, 1.54) is 6.07 Å². The van der Waals surface area contributed by atoms with Gasteiger partial charge in [-0.3, -0.25) is 9.59 Å². The normalized spacial score (nSPS) is 10.3. The highest BCUT2D eigenvalue weighted by Crippen LogP contribution is 2.07. The maximum Gasteiger partial charge on any atom is 0.267 e. The van der Waals surface area contributed by atoms with Gasteiger partial charge in [0.1, 0.15) is 5.69 Å². The monoisotopic (exact) mass is 295 g/mol. The smallest absolute Gasteiger partial charge is 0.267 e. The number of carbonyl (C=O) groups excluding carboxylic acids is 1. The summed E-state index contributed by atoms with van der Waals surface area (Å²) >= 11 is 0. The molecule has 0 radical (unpaired) electrons. The summed E-state index contributed by atoms with van der Waals surface area (Å²) in [5, 5.41) is 3.36. The highest BCUT2D eigenvalue weighted by atomic mass is 35.5. The molecule has 1 aromatic heterocycles. The Balaban J connectivity index is 0.00000200. The molecule has 6 heteroatoms. The molecule has 0 bridgehead atoms. The summed E-state index contributed by atoms with van der Waals surface area (Å²) in [5.74, 6) is -0.260. The van der Waals surface area contributed by atoms with Gasteiger partial charge in [-0.15, -0.1) is 12.4 Å². The lowest BCUT2D eigenvalue weighted by Gasteiger charge is -2.10. The van der Waals surface area contributed by atoms with Crippen LogP contribution in [0.4, 0.5) is 0 Å². The third kappa shape index (κ3) is 3.82. The third-order valence-corrected chi connectivity index (χ3v) is 2.83. The Morgan fingerprint density at radius 1 is 1.30 bits per heavy atom. The van der Waals surface area contributed by atoms with Gasteiger partial charge in [-0.2, -0.15) is 0 Å². The average molecular weight is 296 g/mol. The van der Waals surface area contributed by atoms with Crippen molar-refractivity contribution >= 4 is 29.2 Å². The summed E-state index contributed by atoms with van der Waals surface area (Å²) in [5.41, 5.74) is 0.822. The molecule has 0 aliphatic carbocycles. The van der Waals surface area contributed by atoms with E-state index in [-0.39, 0.29) is 23.7 Å². The number of aromatic amines is 1. The minimum Gasteiger partial charge on any atom is -0.350 e. The minimum absolute atomic E-state index is 0. The van der Waals surface area contributed by atoms with Crippen molar-refractivity contribution in [2.45, 2.75) is 0 Å². The molecule has 2 aromatic rings. The molecule has 1 heterocycles. The topological polar surface area (TPSA) is 65.2 Å². The largest absolute Gasteiger partial charge is 0.350 e. The van der Waals surface area contributed by atoms with E-state index in [1.54, 1.807) is 18.2 Å². The number of H-pyrrole nitrogens is 1. The van der Waals surface area contributed by atoms with Crippen LogP contribution in [0.2, 0.25) is 0 Å². The Kier molecular flexibility index (Phi) is 5.73. The van der Waals surface area contributed by atoms with Gasteiger partial charge in [0.05, 0.1) is 0 Å². The highest BCUT2D eigenvalue weighted by Gasteiger charge is 2.08. The van der Waals surface area contributed by atoms with Gasteiger partial charge in [0.25, 0.3) is 5.91 Å². The van der Waals surface area contributed by atoms with Crippen LogP contribution in [0.3, 0.4) is 0 Å². The Morgan fingerprint density at radius 2 is 2.00 bits per heavy atom. The first-order chi connectivity index (χ1) is 9.08. The number of amides is 1. The number of fused-ring (bicyclic) bond motifs is 1. The molecule has 0 aliphatic heterocycles. The molecule has 0 saturated heterocycles. The molecule has 0 atom stereocenters. The van der Waals surface area contributed by atoms with E-state index >= 15 is 0 Å². The van der Waals surface area contributed by atoms with Crippen molar-refractivity contribution in [1.29, 1.82) is 0 Å². The number of pyridine rings is 1. The van der Waals surface area contributed by atoms with Gasteiger partial charge in [0, 0.05) is 30.1 Å². The van der Waals surface area contributed by atoms with Crippen LogP contribution in [0.25, 0.3) is 10.9 Å². The van der Waals surface area contributed by atoms with Crippen molar-refractivity contribution in [3.63, 3.8) is 0 Å². The van der Waals surface area contributed by atoms with Crippen molar-refractivity contribution in [2.24, 2.45) is 0 Å². The first-order valence-corrected chi connectivity index (χ1v) is 6.13. The summed E-state index contributed by atoms with van der Waals surface area (Å²) in [6, 6.07) is 8.49. The second kappa shape index (κ2) is 7.07. The number of aromatic nitrogens is 1. The fourth-order valence-electron chi connectivity index (χ4n) is 1.81. The number of nitrogens with one attached hydrogen (secondary N) is 2. The highest BCUT2D eigenvalue weighted by molar-refractivity contribution is 5.94. The number of halogens is 1. The first-order valence-electron chi connectivity index (χ1n) is 6.13. The summed E-state index contributed by atoms with van der Waals surface area (Å²) in [7, 11) is 3.87. The molecule has 0 fully saturated rings. The predicted molar refractivity (Wildman–Crippen MR) is 82.7 cm³/mol. The predicted octanol–water partition coefficient (Wildman–Crippen LogP) is 1.24. The van der Waals surface area contributed by atoms with Gasteiger partial charge in [-0.05, 0) is 26.2 Å². The SMILES string of the molecule is CN(C)CCNC(=O)c1cc(=O)c2ccccc2[nH]1.Cl. The number of nitrogens with zero attached hydrogens (tertiary/aromatic N) is 1. The van der Waals surface area contributed by atoms with Gasteiger partial charge in [0.2, 0.25) is 0 Å². The number of carbonyl (C=O) groups is 1. The molecule has 2 N–H and O–H groups in total. The van der Waals surface area contributed by atoms with E-state index in [0.29, 0.717) is 23.1 Å². The standard InChI is InChI=1S/C14H17N3O2.ClH/c1-17(2)8-7-15-14(19)12-9-13(18)10-5-3-4-6-11(10)16-12;/h3-6,9H,7-8H2,1-2H3,(H,15,19)(H,16,18);1H. The summed E-state index contributed by atoms with van der Waals surface area (Å²) in [6.07, 6.45) is 0. The molecule has 5 nitrogen and oxygen atoms in total. The zero-order valence-electron chi connectivity index (χ0n) is 11.5. The molecule has 2 rings (SSSR count). The Bertz CT molecular complexity index is 652. The molecule has 0 aliphatic rings. The number of para-hydroxylation sites is 1. The molecule has 0 saturated carbocycles. The van der Waals surface area contributed by atoms with E-state index in [2.05, 4.69) is 10.3 Å². The van der Waals surface area contributed by atoms with Gasteiger partial charge in [0.15, 0.2) is 5.43 Å². The second-order valence-electron chi connectivity index (χ2n) is 4.65. The van der Waals surface area contributed by atoms with E-state index in [9.17, 15) is 9.59 Å². The van der Waals surface area contributed by atoms with Crippen LogP contribution in [0, 0.1) is 0 Å². The molecular weight excluding hydrogens is 278 g/mol. The van der Waals surface area contributed by atoms with E-state index in [4.69, 9.17) is 0 Å². The van der Waals surface area contributed by atoms with Crippen molar-refractivity contribution in [1.82, 2.24) is 15.2 Å². The van der Waals surface area contributed by atoms with Crippen LogP contribution in [0.1, 0.15) is 10.5 Å². The number of likely N-dealkylation sites (N-methyl/N-ethyl adjacent to an activating group) is 1. The lowest BCUT2D eigenvalue weighted by Crippen LogP contribution is -2.32. The van der Waals surface area contributed by atoms with Gasteiger partial charge in [-0.25, -0.2) is 0 Å². The summed E-state index contributed by atoms with van der Waals surface area (Å²) in [4.78, 5) is 28.8. The van der Waals surface area contributed by atoms with Crippen molar-refractivity contribution in [3.05, 3.63) is 46.2 Å². The Morgan fingerprint density at radius 3 is 2.70 bits per heavy atom. The zero-order chi connectivity index (χ0) is 13.8. The van der Waals surface area contributed by atoms with Crippen LogP contribution in [-0.2, 0) is 0 Å². The van der Waals surface area contributed by atoms with Crippen LogP contribution in [-0.4, -0.2) is 43.0 Å². The van der Waals surface area contributed by atoms with Gasteiger partial charge >= 0.3 is 0 Å². The van der Waals surface area contributed by atoms with E-state index < -0.39 is 0 Å². The molecule has 1 aromatic carbocycles. The van der Waals surface area contributed by atoms with Crippen LogP contribution in [0.15, 0.2) is 35.1 Å². The minimum atomic E-state index is -0.260. The lowest BCUT2D eigenvalue weighted by atomic mass is 10.2. The molecule has 0 spiro atoms. The quantitative estimate of drug-likeness (QED) is 0.892. The molecule has 20 heavy (non-hydrogen) atoms. The van der Waals surface area contributed by atoms with E-state index in [1.807, 2.05) is 25.1 Å². The van der Waals surface area contributed by atoms with Crippen molar-refractivity contribution in [3.8, 4) is 0 Å². The molecule has 1 amide bonds. The van der Waals surface area contributed by atoms with E-state index in [0.717, 1.165) is 6.54 Å². The number of benzene rings is 1. The Hall–Kier alpha value is -1.85. The zero-order valence-corrected chi connectivity index (χ0v) is 12.3. The van der Waals surface area contributed by atoms with Crippen LogP contribution >= 0.6 is 12.4 Å². The summed E-state index contributed by atoms with van der Waals surface area (Å²) in [6.45, 7) is 1.30. The van der Waals surface area contributed by atoms with Gasteiger partial charge < -0.3 is 15.2 Å². The average Bonchev–Trinajstić information content (AvgIpc) is 2.38. The fraction of sp³-hybridized carbons (Fsp3) is 0.286. The number of hydrogen-bond acceptors (Lipinski definition) is 3. The third-order valence-electron chi connectivity index (χ3n) is 2.83. The van der Waals surface area contributed by atoms with Crippen LogP contribution in [0.5, 0.6) is 0 Å². The van der Waals surface area contributed by atoms with Gasteiger partial charge in [-0.1, -0.05) is 12.1 Å².